The molecule has 0 aliphatic heterocycles. The van der Waals surface area contributed by atoms with E-state index in [0.29, 0.717) is 5.75 Å². The Labute approximate surface area is 131 Å². The van der Waals surface area contributed by atoms with E-state index in [1.54, 1.807) is 11.3 Å². The van der Waals surface area contributed by atoms with Gasteiger partial charge in [0.1, 0.15) is 5.75 Å². The third-order valence-electron chi connectivity index (χ3n) is 2.81. The molecule has 2 aromatic rings. The summed E-state index contributed by atoms with van der Waals surface area (Å²) in [5, 5.41) is 5.00. The molecule has 0 fully saturated rings. The molecule has 1 heterocycles. The molecule has 0 saturated carbocycles. The van der Waals surface area contributed by atoms with Crippen LogP contribution in [0, 0.1) is 0 Å². The van der Waals surface area contributed by atoms with E-state index in [0.717, 1.165) is 10.9 Å². The Morgan fingerprint density at radius 3 is 2.70 bits per heavy atom. The fourth-order valence-electron chi connectivity index (χ4n) is 1.78. The lowest BCUT2D eigenvalue weighted by atomic mass is 10.2. The first-order valence-electron chi connectivity index (χ1n) is 6.40. The molecule has 0 bridgehead atoms. The second-order valence-electron chi connectivity index (χ2n) is 4.29. The van der Waals surface area contributed by atoms with Crippen LogP contribution in [0.5, 0.6) is 5.75 Å². The summed E-state index contributed by atoms with van der Waals surface area (Å²) in [6.07, 6.45) is 0.866. The van der Waals surface area contributed by atoms with Crippen LogP contribution >= 0.6 is 27.3 Å². The fraction of sp³-hybridized carbons (Fsp3) is 0.267. The summed E-state index contributed by atoms with van der Waals surface area (Å²) in [4.78, 5) is 13.1. The minimum atomic E-state index is -0.104. The van der Waals surface area contributed by atoms with Crippen LogP contribution in [0.15, 0.2) is 46.3 Å². The maximum atomic E-state index is 11.9. The van der Waals surface area contributed by atoms with Gasteiger partial charge in [0.2, 0.25) is 0 Å². The van der Waals surface area contributed by atoms with Crippen LogP contribution in [0.4, 0.5) is 0 Å². The highest BCUT2D eigenvalue weighted by atomic mass is 79.9. The Balaban J connectivity index is 1.84. The molecule has 1 unspecified atom stereocenters. The quantitative estimate of drug-likeness (QED) is 0.846. The molecule has 1 N–H and O–H groups in total. The van der Waals surface area contributed by atoms with Gasteiger partial charge in [-0.15, -0.1) is 11.3 Å². The van der Waals surface area contributed by atoms with Crippen molar-refractivity contribution in [2.45, 2.75) is 19.4 Å². The molecule has 1 aromatic heterocycles. The maximum Gasteiger partial charge on any atom is 0.258 e. The van der Waals surface area contributed by atoms with Gasteiger partial charge in [-0.05, 0) is 42.1 Å². The predicted molar refractivity (Wildman–Crippen MR) is 85.1 cm³/mol. The van der Waals surface area contributed by atoms with Crippen LogP contribution in [0.2, 0.25) is 0 Å². The minimum Gasteiger partial charge on any atom is -0.484 e. The summed E-state index contributed by atoms with van der Waals surface area (Å²) in [7, 11) is 0. The van der Waals surface area contributed by atoms with Crippen molar-refractivity contribution >= 4 is 33.2 Å². The number of carbonyl (C=O) groups excluding carboxylic acids is 1. The molecule has 2 rings (SSSR count). The number of hydrogen-bond donors (Lipinski definition) is 1. The summed E-state index contributed by atoms with van der Waals surface area (Å²) >= 11 is 5.01. The van der Waals surface area contributed by atoms with Crippen molar-refractivity contribution in [2.75, 3.05) is 6.61 Å². The summed E-state index contributed by atoms with van der Waals surface area (Å²) in [6.45, 7) is 2.09. The number of rotatable bonds is 6. The van der Waals surface area contributed by atoms with E-state index in [-0.39, 0.29) is 18.6 Å². The lowest BCUT2D eigenvalue weighted by Gasteiger charge is -2.15. The predicted octanol–water partition coefficient (Wildman–Crippen LogP) is 4.16. The molecule has 3 nitrogen and oxygen atoms in total. The van der Waals surface area contributed by atoms with Crippen molar-refractivity contribution in [3.8, 4) is 5.75 Å². The average molecular weight is 354 g/mol. The molecule has 20 heavy (non-hydrogen) atoms. The monoisotopic (exact) mass is 353 g/mol. The number of hydrogen-bond acceptors (Lipinski definition) is 3. The van der Waals surface area contributed by atoms with E-state index in [2.05, 4.69) is 28.2 Å². The molecule has 0 radical (unpaired) electrons. The highest BCUT2D eigenvalue weighted by Crippen LogP contribution is 2.21. The van der Waals surface area contributed by atoms with Crippen molar-refractivity contribution in [1.29, 1.82) is 0 Å². The second-order valence-corrected chi connectivity index (χ2v) is 6.18. The van der Waals surface area contributed by atoms with Gasteiger partial charge in [-0.25, -0.2) is 0 Å². The number of benzene rings is 1. The number of amides is 1. The van der Waals surface area contributed by atoms with E-state index < -0.39 is 0 Å². The van der Waals surface area contributed by atoms with Crippen molar-refractivity contribution in [1.82, 2.24) is 5.32 Å². The normalized spacial score (nSPS) is 11.9. The highest BCUT2D eigenvalue weighted by molar-refractivity contribution is 9.10. The molecular formula is C15H16BrNO2S. The Hall–Kier alpha value is -1.33. The molecule has 1 amide bonds. The third kappa shape index (κ3) is 4.35. The third-order valence-corrected chi connectivity index (χ3v) is 4.33. The molecule has 0 aliphatic carbocycles. The van der Waals surface area contributed by atoms with Gasteiger partial charge in [-0.1, -0.05) is 28.9 Å². The summed E-state index contributed by atoms with van der Waals surface area (Å²) in [5.41, 5.74) is 0. The first-order valence-corrected chi connectivity index (χ1v) is 8.07. The number of ether oxygens (including phenoxy) is 1. The standard InChI is InChI=1S/C15H16BrNO2S/c1-2-13(14-4-3-9-20-14)17-15(18)10-19-12-7-5-11(16)6-8-12/h3-9,13H,2,10H2,1H3,(H,17,18). The number of nitrogens with one attached hydrogen (secondary N) is 1. The molecule has 0 spiro atoms. The van der Waals surface area contributed by atoms with Crippen LogP contribution in [-0.4, -0.2) is 12.5 Å². The van der Waals surface area contributed by atoms with E-state index >= 15 is 0 Å². The Morgan fingerprint density at radius 2 is 2.10 bits per heavy atom. The van der Waals surface area contributed by atoms with E-state index in [1.807, 2.05) is 41.8 Å². The molecule has 106 valence electrons. The van der Waals surface area contributed by atoms with Gasteiger partial charge in [0, 0.05) is 9.35 Å². The van der Waals surface area contributed by atoms with Crippen molar-refractivity contribution in [3.63, 3.8) is 0 Å². The Morgan fingerprint density at radius 1 is 1.35 bits per heavy atom. The Bertz CT molecular complexity index is 540. The second kappa shape index (κ2) is 7.45. The number of carbonyl (C=O) groups is 1. The SMILES string of the molecule is CCC(NC(=O)COc1ccc(Br)cc1)c1cccs1. The average Bonchev–Trinajstić information content (AvgIpc) is 2.98. The van der Waals surface area contributed by atoms with Gasteiger partial charge in [-0.2, -0.15) is 0 Å². The van der Waals surface area contributed by atoms with Crippen LogP contribution in [0.3, 0.4) is 0 Å². The number of thiophene rings is 1. The van der Waals surface area contributed by atoms with Gasteiger partial charge >= 0.3 is 0 Å². The topological polar surface area (TPSA) is 38.3 Å². The van der Waals surface area contributed by atoms with Gasteiger partial charge < -0.3 is 10.1 Å². The smallest absolute Gasteiger partial charge is 0.258 e. The lowest BCUT2D eigenvalue weighted by molar-refractivity contribution is -0.123. The first-order chi connectivity index (χ1) is 9.69. The van der Waals surface area contributed by atoms with Crippen LogP contribution in [-0.2, 0) is 4.79 Å². The molecular weight excluding hydrogens is 338 g/mol. The van der Waals surface area contributed by atoms with E-state index in [4.69, 9.17) is 4.74 Å². The van der Waals surface area contributed by atoms with E-state index in [9.17, 15) is 4.79 Å². The van der Waals surface area contributed by atoms with Crippen LogP contribution in [0.25, 0.3) is 0 Å². The van der Waals surface area contributed by atoms with E-state index in [1.165, 1.54) is 4.88 Å². The van der Waals surface area contributed by atoms with Crippen LogP contribution < -0.4 is 10.1 Å². The maximum absolute atomic E-state index is 11.9. The minimum absolute atomic E-state index is 0.0313. The zero-order valence-corrected chi connectivity index (χ0v) is 13.5. The summed E-state index contributed by atoms with van der Waals surface area (Å²) < 4.78 is 6.44. The molecule has 1 atom stereocenters. The van der Waals surface area contributed by atoms with Crippen molar-refractivity contribution in [2.24, 2.45) is 0 Å². The number of halogens is 1. The Kier molecular flexibility index (Phi) is 5.61. The largest absolute Gasteiger partial charge is 0.484 e. The summed E-state index contributed by atoms with van der Waals surface area (Å²) in [6, 6.07) is 11.5. The van der Waals surface area contributed by atoms with Crippen LogP contribution in [0.1, 0.15) is 24.3 Å². The molecule has 0 aliphatic rings. The van der Waals surface area contributed by atoms with Gasteiger partial charge in [0.25, 0.3) is 5.91 Å². The summed E-state index contributed by atoms with van der Waals surface area (Å²) in [5.74, 6) is 0.584. The fourth-order valence-corrected chi connectivity index (χ4v) is 2.91. The van der Waals surface area contributed by atoms with Gasteiger partial charge in [-0.3, -0.25) is 4.79 Å². The lowest BCUT2D eigenvalue weighted by Crippen LogP contribution is -2.32. The molecule has 5 heteroatoms. The van der Waals surface area contributed by atoms with Crippen molar-refractivity contribution < 1.29 is 9.53 Å². The molecule has 1 aromatic carbocycles. The van der Waals surface area contributed by atoms with Gasteiger partial charge in [0.15, 0.2) is 6.61 Å². The first kappa shape index (κ1) is 15.1. The molecule has 0 saturated heterocycles. The zero-order chi connectivity index (χ0) is 14.4. The van der Waals surface area contributed by atoms with Gasteiger partial charge in [0.05, 0.1) is 6.04 Å². The highest BCUT2D eigenvalue weighted by Gasteiger charge is 2.13. The van der Waals surface area contributed by atoms with Crippen molar-refractivity contribution in [3.05, 3.63) is 51.1 Å². The zero-order valence-electron chi connectivity index (χ0n) is 11.1.